The van der Waals surface area contributed by atoms with Crippen molar-refractivity contribution in [1.82, 2.24) is 19.4 Å². The molecule has 6 heteroatoms. The van der Waals surface area contributed by atoms with Crippen LogP contribution in [-0.4, -0.2) is 19.4 Å². The first-order valence-electron chi connectivity index (χ1n) is 5.39. The van der Waals surface area contributed by atoms with Crippen LogP contribution in [0.25, 0.3) is 17.0 Å². The van der Waals surface area contributed by atoms with Gasteiger partial charge in [-0.05, 0) is 25.1 Å². The first kappa shape index (κ1) is 11.0. The van der Waals surface area contributed by atoms with Gasteiger partial charge in [0.15, 0.2) is 5.65 Å². The number of pyridine rings is 1. The molecule has 90 valence electrons. The van der Waals surface area contributed by atoms with E-state index in [2.05, 4.69) is 15.0 Å². The topological polar surface area (TPSA) is 69.1 Å². The van der Waals surface area contributed by atoms with Crippen LogP contribution in [0.5, 0.6) is 0 Å². The number of fused-ring (bicyclic) bond motifs is 1. The minimum atomic E-state index is 0.519. The average molecular weight is 260 g/mol. The van der Waals surface area contributed by atoms with Gasteiger partial charge in [0.05, 0.1) is 10.7 Å². The van der Waals surface area contributed by atoms with Crippen molar-refractivity contribution in [2.75, 3.05) is 5.73 Å². The van der Waals surface area contributed by atoms with Crippen molar-refractivity contribution in [3.63, 3.8) is 0 Å². The summed E-state index contributed by atoms with van der Waals surface area (Å²) in [6, 6.07) is 5.37. The van der Waals surface area contributed by atoms with E-state index >= 15 is 0 Å². The van der Waals surface area contributed by atoms with E-state index in [1.165, 1.54) is 0 Å². The van der Waals surface area contributed by atoms with Crippen LogP contribution in [0.2, 0.25) is 5.02 Å². The lowest BCUT2D eigenvalue weighted by molar-refractivity contribution is 1.05. The lowest BCUT2D eigenvalue weighted by Gasteiger charge is -1.99. The Bertz CT molecular complexity index is 734. The maximum absolute atomic E-state index is 6.09. The fourth-order valence-corrected chi connectivity index (χ4v) is 2.04. The van der Waals surface area contributed by atoms with Crippen LogP contribution in [0.4, 0.5) is 5.82 Å². The number of aryl methyl sites for hydroxylation is 1. The molecule has 18 heavy (non-hydrogen) atoms. The molecular weight excluding hydrogens is 250 g/mol. The molecule has 0 aliphatic carbocycles. The minimum absolute atomic E-state index is 0.519. The normalized spacial score (nSPS) is 11.0. The van der Waals surface area contributed by atoms with Crippen LogP contribution in [0.1, 0.15) is 5.82 Å². The molecular formula is C12H10ClN5. The number of hydrogen-bond acceptors (Lipinski definition) is 4. The summed E-state index contributed by atoms with van der Waals surface area (Å²) >= 11 is 6.09. The molecule has 0 radical (unpaired) electrons. The molecule has 3 aromatic rings. The SMILES string of the molecule is Cc1nccc(-c2nc3c(Cl)cccn3c2N)n1. The Morgan fingerprint density at radius 1 is 1.28 bits per heavy atom. The number of nitrogens with zero attached hydrogens (tertiary/aromatic N) is 4. The number of nitrogens with two attached hydrogens (primary N) is 1. The average Bonchev–Trinajstić information content (AvgIpc) is 2.69. The van der Waals surface area contributed by atoms with Gasteiger partial charge < -0.3 is 5.73 Å². The molecule has 0 aliphatic heterocycles. The maximum Gasteiger partial charge on any atom is 0.158 e. The maximum atomic E-state index is 6.09. The fourth-order valence-electron chi connectivity index (χ4n) is 1.83. The molecule has 0 aliphatic rings. The quantitative estimate of drug-likeness (QED) is 0.728. The van der Waals surface area contributed by atoms with Crippen LogP contribution >= 0.6 is 11.6 Å². The van der Waals surface area contributed by atoms with E-state index < -0.39 is 0 Å². The van der Waals surface area contributed by atoms with Gasteiger partial charge in [-0.1, -0.05) is 11.6 Å². The van der Waals surface area contributed by atoms with Crippen molar-refractivity contribution >= 4 is 23.1 Å². The first-order valence-corrected chi connectivity index (χ1v) is 5.76. The number of aromatic nitrogens is 4. The second kappa shape index (κ2) is 3.96. The summed E-state index contributed by atoms with van der Waals surface area (Å²) in [6.45, 7) is 1.82. The summed E-state index contributed by atoms with van der Waals surface area (Å²) in [5.41, 5.74) is 8.01. The van der Waals surface area contributed by atoms with Crippen LogP contribution in [0, 0.1) is 6.92 Å². The number of nitrogen functional groups attached to an aromatic ring is 1. The number of hydrogen-bond donors (Lipinski definition) is 1. The van der Waals surface area contributed by atoms with Gasteiger partial charge in [-0.2, -0.15) is 0 Å². The molecule has 3 heterocycles. The summed E-state index contributed by atoms with van der Waals surface area (Å²) in [6.07, 6.45) is 3.50. The molecule has 3 rings (SSSR count). The van der Waals surface area contributed by atoms with Crippen LogP contribution in [0.15, 0.2) is 30.6 Å². The summed E-state index contributed by atoms with van der Waals surface area (Å²) in [4.78, 5) is 12.8. The Morgan fingerprint density at radius 3 is 2.83 bits per heavy atom. The van der Waals surface area contributed by atoms with Crippen LogP contribution < -0.4 is 5.73 Å². The fraction of sp³-hybridized carbons (Fsp3) is 0.0833. The van der Waals surface area contributed by atoms with Gasteiger partial charge >= 0.3 is 0 Å². The molecule has 3 aromatic heterocycles. The van der Waals surface area contributed by atoms with Crippen molar-refractivity contribution in [3.05, 3.63) is 41.4 Å². The van der Waals surface area contributed by atoms with Gasteiger partial charge in [0, 0.05) is 12.4 Å². The highest BCUT2D eigenvalue weighted by molar-refractivity contribution is 6.33. The third-order valence-electron chi connectivity index (χ3n) is 2.66. The molecule has 0 atom stereocenters. The second-order valence-electron chi connectivity index (χ2n) is 3.88. The van der Waals surface area contributed by atoms with Crippen molar-refractivity contribution < 1.29 is 0 Å². The van der Waals surface area contributed by atoms with E-state index in [1.54, 1.807) is 22.7 Å². The summed E-state index contributed by atoms with van der Waals surface area (Å²) in [5.74, 6) is 1.20. The predicted octanol–water partition coefficient (Wildman–Crippen LogP) is 2.34. The second-order valence-corrected chi connectivity index (χ2v) is 4.29. The highest BCUT2D eigenvalue weighted by atomic mass is 35.5. The number of imidazole rings is 1. The zero-order valence-electron chi connectivity index (χ0n) is 9.63. The molecule has 0 unspecified atom stereocenters. The van der Waals surface area contributed by atoms with Gasteiger partial charge in [0.25, 0.3) is 0 Å². The van der Waals surface area contributed by atoms with E-state index in [1.807, 2.05) is 19.2 Å². The summed E-state index contributed by atoms with van der Waals surface area (Å²) < 4.78 is 1.75. The largest absolute Gasteiger partial charge is 0.383 e. The minimum Gasteiger partial charge on any atom is -0.383 e. The zero-order valence-corrected chi connectivity index (χ0v) is 10.4. The Balaban J connectivity index is 2.30. The Labute approximate surface area is 108 Å². The van der Waals surface area contributed by atoms with Gasteiger partial charge in [-0.15, -0.1) is 0 Å². The highest BCUT2D eigenvalue weighted by Gasteiger charge is 2.14. The van der Waals surface area contributed by atoms with E-state index in [4.69, 9.17) is 17.3 Å². The van der Waals surface area contributed by atoms with Crippen molar-refractivity contribution in [2.45, 2.75) is 6.92 Å². The smallest absolute Gasteiger partial charge is 0.158 e. The molecule has 0 aromatic carbocycles. The summed E-state index contributed by atoms with van der Waals surface area (Å²) in [5, 5.41) is 0.557. The molecule has 5 nitrogen and oxygen atoms in total. The van der Waals surface area contributed by atoms with Gasteiger partial charge in [0.2, 0.25) is 0 Å². The Morgan fingerprint density at radius 2 is 2.11 bits per heavy atom. The Kier molecular flexibility index (Phi) is 2.41. The third kappa shape index (κ3) is 1.60. The van der Waals surface area contributed by atoms with Crippen LogP contribution in [0.3, 0.4) is 0 Å². The molecule has 2 N–H and O–H groups in total. The van der Waals surface area contributed by atoms with Gasteiger partial charge in [-0.3, -0.25) is 4.40 Å². The van der Waals surface area contributed by atoms with Gasteiger partial charge in [0.1, 0.15) is 17.3 Å². The first-order chi connectivity index (χ1) is 8.66. The van der Waals surface area contributed by atoms with E-state index in [0.29, 0.717) is 33.7 Å². The Hall–Kier alpha value is -2.14. The monoisotopic (exact) mass is 259 g/mol. The van der Waals surface area contributed by atoms with Crippen molar-refractivity contribution in [2.24, 2.45) is 0 Å². The molecule has 0 amide bonds. The van der Waals surface area contributed by atoms with Crippen LogP contribution in [-0.2, 0) is 0 Å². The third-order valence-corrected chi connectivity index (χ3v) is 2.95. The number of anilines is 1. The molecule has 0 saturated carbocycles. The summed E-state index contributed by atoms with van der Waals surface area (Å²) in [7, 11) is 0. The standard InChI is InChI=1S/C12H10ClN5/c1-7-15-5-4-9(16-7)10-11(14)18-6-2-3-8(13)12(18)17-10/h2-6H,14H2,1H3. The lowest BCUT2D eigenvalue weighted by Crippen LogP contribution is -1.96. The van der Waals surface area contributed by atoms with E-state index in [9.17, 15) is 0 Å². The van der Waals surface area contributed by atoms with Crippen molar-refractivity contribution in [1.29, 1.82) is 0 Å². The highest BCUT2D eigenvalue weighted by Crippen LogP contribution is 2.27. The molecule has 0 fully saturated rings. The molecule has 0 saturated heterocycles. The lowest BCUT2D eigenvalue weighted by atomic mass is 10.3. The van der Waals surface area contributed by atoms with E-state index in [0.717, 1.165) is 0 Å². The van der Waals surface area contributed by atoms with E-state index in [-0.39, 0.29) is 0 Å². The zero-order chi connectivity index (χ0) is 12.7. The van der Waals surface area contributed by atoms with Gasteiger partial charge in [-0.25, -0.2) is 15.0 Å². The molecule has 0 bridgehead atoms. The molecule has 0 spiro atoms. The predicted molar refractivity (Wildman–Crippen MR) is 70.4 cm³/mol. The number of halogens is 1. The number of rotatable bonds is 1. The van der Waals surface area contributed by atoms with Crippen molar-refractivity contribution in [3.8, 4) is 11.4 Å².